The molecule has 1 saturated heterocycles. The molecule has 0 spiro atoms. The first-order valence-electron chi connectivity index (χ1n) is 9.67. The van der Waals surface area contributed by atoms with E-state index in [0.717, 1.165) is 18.3 Å². The molecule has 2 atom stereocenters. The predicted octanol–water partition coefficient (Wildman–Crippen LogP) is 3.77. The topological polar surface area (TPSA) is 106 Å². The Labute approximate surface area is 190 Å². The lowest BCUT2D eigenvalue weighted by Crippen LogP contribution is -2.32. The fourth-order valence-corrected chi connectivity index (χ4v) is 4.57. The summed E-state index contributed by atoms with van der Waals surface area (Å²) < 4.78 is 6.09. The van der Waals surface area contributed by atoms with Gasteiger partial charge in [-0.1, -0.05) is 11.6 Å². The summed E-state index contributed by atoms with van der Waals surface area (Å²) in [5, 5.41) is 34.3. The molecule has 4 N–H and O–H groups in total. The van der Waals surface area contributed by atoms with E-state index in [-0.39, 0.29) is 59.2 Å². The molecule has 0 bridgehead atoms. The Morgan fingerprint density at radius 1 is 1.23 bits per heavy atom. The maximum Gasteiger partial charge on any atom is 0.197 e. The molecule has 0 aliphatic carbocycles. The van der Waals surface area contributed by atoms with E-state index in [0.29, 0.717) is 22.6 Å². The van der Waals surface area contributed by atoms with Gasteiger partial charge in [-0.05, 0) is 38.2 Å². The van der Waals surface area contributed by atoms with Gasteiger partial charge >= 0.3 is 0 Å². The fourth-order valence-electron chi connectivity index (χ4n) is 4.29. The van der Waals surface area contributed by atoms with E-state index in [9.17, 15) is 20.1 Å². The molecule has 7 nitrogen and oxygen atoms in total. The van der Waals surface area contributed by atoms with Crippen LogP contribution in [0.2, 0.25) is 5.02 Å². The van der Waals surface area contributed by atoms with Crippen molar-refractivity contribution in [1.82, 2.24) is 4.90 Å². The summed E-state index contributed by atoms with van der Waals surface area (Å²) in [6.45, 7) is 0.614. The number of likely N-dealkylation sites (tertiary alicyclic amines) is 1. The van der Waals surface area contributed by atoms with Crippen LogP contribution in [-0.4, -0.2) is 53.5 Å². The number of nitrogens with zero attached hydrogens (tertiary/aromatic N) is 1. The minimum Gasteiger partial charge on any atom is -0.507 e. The van der Waals surface area contributed by atoms with Crippen molar-refractivity contribution in [3.05, 3.63) is 51.1 Å². The summed E-state index contributed by atoms with van der Waals surface area (Å²) in [4.78, 5) is 14.9. The second-order valence-electron chi connectivity index (χ2n) is 7.58. The lowest BCUT2D eigenvalue weighted by Gasteiger charge is -2.24. The molecule has 2 aromatic carbocycles. The van der Waals surface area contributed by atoms with Crippen LogP contribution < -0.4 is 10.7 Å². The van der Waals surface area contributed by atoms with E-state index < -0.39 is 5.43 Å². The minimum atomic E-state index is -0.439. The standard InChI is InChI=1S/C22H23ClN2O5.ClH/c1-24-11-3-4-12(14(23)7-11)19-9-18(29)21-17(28)8-16(27)20(22(21)30-19)13-5-6-25(2)15(13)10-26;/h3-4,7-9,13,15,24,26-28H,5-6,10H2,1-2H3;1H. The zero-order chi connectivity index (χ0) is 21.6. The second-order valence-corrected chi connectivity index (χ2v) is 7.99. The molecule has 31 heavy (non-hydrogen) atoms. The molecule has 1 aromatic heterocycles. The van der Waals surface area contributed by atoms with Crippen molar-refractivity contribution in [2.75, 3.05) is 32.6 Å². The molecule has 4 rings (SSSR count). The van der Waals surface area contributed by atoms with Gasteiger partial charge in [-0.3, -0.25) is 4.79 Å². The number of aliphatic hydroxyl groups is 1. The van der Waals surface area contributed by atoms with Crippen LogP contribution in [0, 0.1) is 0 Å². The van der Waals surface area contributed by atoms with Gasteiger partial charge < -0.3 is 30.0 Å². The molecule has 1 aliphatic rings. The Morgan fingerprint density at radius 3 is 2.61 bits per heavy atom. The Morgan fingerprint density at radius 2 is 1.97 bits per heavy atom. The third kappa shape index (κ3) is 3.94. The zero-order valence-electron chi connectivity index (χ0n) is 17.1. The molecule has 0 saturated carbocycles. The summed E-state index contributed by atoms with van der Waals surface area (Å²) in [5.41, 5.74) is 1.41. The van der Waals surface area contributed by atoms with Crippen molar-refractivity contribution in [2.45, 2.75) is 18.4 Å². The van der Waals surface area contributed by atoms with Crippen molar-refractivity contribution < 1.29 is 19.7 Å². The number of aliphatic hydroxyl groups excluding tert-OH is 1. The van der Waals surface area contributed by atoms with Crippen LogP contribution in [0.5, 0.6) is 11.5 Å². The summed E-state index contributed by atoms with van der Waals surface area (Å²) in [7, 11) is 3.67. The molecule has 0 radical (unpaired) electrons. The number of benzene rings is 2. The lowest BCUT2D eigenvalue weighted by atomic mass is 9.89. The van der Waals surface area contributed by atoms with Crippen molar-refractivity contribution in [3.63, 3.8) is 0 Å². The summed E-state index contributed by atoms with van der Waals surface area (Å²) >= 11 is 6.40. The number of likely N-dealkylation sites (N-methyl/N-ethyl adjacent to an activating group) is 1. The van der Waals surface area contributed by atoms with Gasteiger partial charge in [0.1, 0.15) is 28.2 Å². The molecule has 1 fully saturated rings. The highest BCUT2D eigenvalue weighted by Gasteiger charge is 2.36. The Kier molecular flexibility index (Phi) is 6.71. The average Bonchev–Trinajstić information content (AvgIpc) is 3.07. The van der Waals surface area contributed by atoms with Crippen LogP contribution in [0.1, 0.15) is 17.9 Å². The van der Waals surface area contributed by atoms with Gasteiger partial charge in [0, 0.05) is 48.0 Å². The molecule has 3 aromatic rings. The number of phenolic OH excluding ortho intramolecular Hbond substituents is 2. The van der Waals surface area contributed by atoms with Crippen LogP contribution in [0.3, 0.4) is 0 Å². The first-order chi connectivity index (χ1) is 14.3. The van der Waals surface area contributed by atoms with E-state index in [2.05, 4.69) is 5.32 Å². The number of rotatable bonds is 4. The van der Waals surface area contributed by atoms with Gasteiger partial charge in [0.25, 0.3) is 0 Å². The molecule has 1 aliphatic heterocycles. The van der Waals surface area contributed by atoms with Crippen LogP contribution >= 0.6 is 24.0 Å². The number of anilines is 1. The van der Waals surface area contributed by atoms with Gasteiger partial charge in [0.2, 0.25) is 0 Å². The molecule has 2 heterocycles. The summed E-state index contributed by atoms with van der Waals surface area (Å²) in [6.07, 6.45) is 0.667. The first kappa shape index (κ1) is 23.2. The zero-order valence-corrected chi connectivity index (χ0v) is 18.6. The SMILES string of the molecule is CNc1ccc(-c2cc(=O)c3c(O)cc(O)c(C4CCN(C)C4CO)c3o2)c(Cl)c1.Cl. The molecule has 0 amide bonds. The van der Waals surface area contributed by atoms with E-state index in [4.69, 9.17) is 16.0 Å². The maximum atomic E-state index is 12.9. The lowest BCUT2D eigenvalue weighted by molar-refractivity contribution is 0.172. The Hall–Kier alpha value is -2.45. The molecular weight excluding hydrogens is 443 g/mol. The van der Waals surface area contributed by atoms with Crippen molar-refractivity contribution >= 4 is 40.7 Å². The van der Waals surface area contributed by atoms with Crippen LogP contribution in [-0.2, 0) is 0 Å². The van der Waals surface area contributed by atoms with Gasteiger partial charge in [-0.2, -0.15) is 0 Å². The average molecular weight is 467 g/mol. The van der Waals surface area contributed by atoms with E-state index in [1.165, 1.54) is 6.07 Å². The second kappa shape index (κ2) is 8.96. The number of aromatic hydroxyl groups is 2. The third-order valence-electron chi connectivity index (χ3n) is 5.90. The van der Waals surface area contributed by atoms with Crippen molar-refractivity contribution in [3.8, 4) is 22.8 Å². The number of fused-ring (bicyclic) bond motifs is 1. The number of nitrogens with one attached hydrogen (secondary N) is 1. The molecule has 2 unspecified atom stereocenters. The van der Waals surface area contributed by atoms with Crippen LogP contribution in [0.25, 0.3) is 22.3 Å². The van der Waals surface area contributed by atoms with Gasteiger partial charge in [-0.25, -0.2) is 0 Å². The number of phenols is 2. The minimum absolute atomic E-state index is 0. The van der Waals surface area contributed by atoms with Crippen LogP contribution in [0.4, 0.5) is 5.69 Å². The summed E-state index contributed by atoms with van der Waals surface area (Å²) in [5.74, 6) is -0.548. The highest BCUT2D eigenvalue weighted by Crippen LogP contribution is 2.44. The summed E-state index contributed by atoms with van der Waals surface area (Å²) in [6, 6.07) is 7.47. The largest absolute Gasteiger partial charge is 0.507 e. The highest BCUT2D eigenvalue weighted by molar-refractivity contribution is 6.33. The normalized spacial score (nSPS) is 18.8. The van der Waals surface area contributed by atoms with E-state index in [1.807, 2.05) is 11.9 Å². The predicted molar refractivity (Wildman–Crippen MR) is 124 cm³/mol. The monoisotopic (exact) mass is 466 g/mol. The fraction of sp³-hybridized carbons (Fsp3) is 0.318. The van der Waals surface area contributed by atoms with Crippen molar-refractivity contribution in [1.29, 1.82) is 0 Å². The molecule has 9 heteroatoms. The quantitative estimate of drug-likeness (QED) is 0.463. The number of hydrogen-bond acceptors (Lipinski definition) is 7. The molecular formula is C22H24Cl2N2O5. The maximum absolute atomic E-state index is 12.9. The van der Waals surface area contributed by atoms with Gasteiger partial charge in [0.05, 0.1) is 11.6 Å². The van der Waals surface area contributed by atoms with E-state index >= 15 is 0 Å². The van der Waals surface area contributed by atoms with Crippen molar-refractivity contribution in [2.24, 2.45) is 0 Å². The Bertz CT molecular complexity index is 1180. The van der Waals surface area contributed by atoms with Gasteiger partial charge in [0.15, 0.2) is 5.43 Å². The molecule has 166 valence electrons. The smallest absolute Gasteiger partial charge is 0.197 e. The third-order valence-corrected chi connectivity index (χ3v) is 6.22. The highest BCUT2D eigenvalue weighted by atomic mass is 35.5. The number of hydrogen-bond donors (Lipinski definition) is 4. The Balaban J connectivity index is 0.00000272. The number of halogens is 2. The first-order valence-corrected chi connectivity index (χ1v) is 10.0. The van der Waals surface area contributed by atoms with E-state index in [1.54, 1.807) is 25.2 Å². The van der Waals surface area contributed by atoms with Crippen LogP contribution in [0.15, 0.2) is 39.5 Å². The van der Waals surface area contributed by atoms with Gasteiger partial charge in [-0.15, -0.1) is 12.4 Å².